The van der Waals surface area contributed by atoms with Gasteiger partial charge in [0.25, 0.3) is 0 Å². The van der Waals surface area contributed by atoms with Gasteiger partial charge in [-0.05, 0) is 64.6 Å². The molecule has 3 heteroatoms. The van der Waals surface area contributed by atoms with Crippen LogP contribution in [0.1, 0.15) is 51.4 Å². The van der Waals surface area contributed by atoms with Crippen LogP contribution in [0.3, 0.4) is 0 Å². The van der Waals surface area contributed by atoms with Crippen LogP contribution in [-0.4, -0.2) is 54.6 Å². The Hall–Kier alpha value is -0.120. The third-order valence-corrected chi connectivity index (χ3v) is 5.98. The number of likely N-dealkylation sites (tertiary alicyclic amines) is 2. The fourth-order valence-corrected chi connectivity index (χ4v) is 5.07. The van der Waals surface area contributed by atoms with Crippen LogP contribution in [0.2, 0.25) is 0 Å². The lowest BCUT2D eigenvalue weighted by molar-refractivity contribution is -0.0553. The highest BCUT2D eigenvalue weighted by Crippen LogP contribution is 2.40. The number of piperidine rings is 2. The van der Waals surface area contributed by atoms with Crippen molar-refractivity contribution in [3.63, 3.8) is 0 Å². The molecule has 19 heavy (non-hydrogen) atoms. The van der Waals surface area contributed by atoms with Crippen molar-refractivity contribution in [1.29, 1.82) is 0 Å². The molecule has 2 N–H and O–H groups in total. The minimum atomic E-state index is 0.285. The number of rotatable bonds is 2. The van der Waals surface area contributed by atoms with Crippen molar-refractivity contribution in [1.82, 2.24) is 9.80 Å². The smallest absolute Gasteiger partial charge is 0.0461 e. The predicted octanol–water partition coefficient (Wildman–Crippen LogP) is 2.06. The zero-order chi connectivity index (χ0) is 13.3. The molecule has 0 radical (unpaired) electrons. The summed E-state index contributed by atoms with van der Waals surface area (Å²) < 4.78 is 0. The molecule has 1 unspecified atom stereocenters. The molecule has 3 fully saturated rings. The van der Waals surface area contributed by atoms with E-state index < -0.39 is 0 Å². The van der Waals surface area contributed by atoms with Crippen LogP contribution in [0.25, 0.3) is 0 Å². The molecule has 3 atom stereocenters. The van der Waals surface area contributed by atoms with Gasteiger partial charge < -0.3 is 10.6 Å². The minimum absolute atomic E-state index is 0.285. The maximum Gasteiger partial charge on any atom is 0.0461 e. The minimum Gasteiger partial charge on any atom is -0.329 e. The molecule has 1 saturated carbocycles. The molecule has 110 valence electrons. The molecule has 2 heterocycles. The fraction of sp³-hybridized carbons (Fsp3) is 1.00. The maximum absolute atomic E-state index is 6.28. The van der Waals surface area contributed by atoms with Gasteiger partial charge >= 0.3 is 0 Å². The van der Waals surface area contributed by atoms with Crippen molar-refractivity contribution in [3.05, 3.63) is 0 Å². The van der Waals surface area contributed by atoms with Crippen molar-refractivity contribution in [2.75, 3.05) is 33.2 Å². The molecule has 3 rings (SSSR count). The van der Waals surface area contributed by atoms with Gasteiger partial charge in [-0.15, -0.1) is 0 Å². The maximum atomic E-state index is 6.28. The van der Waals surface area contributed by atoms with Crippen molar-refractivity contribution >= 4 is 0 Å². The summed E-state index contributed by atoms with van der Waals surface area (Å²) in [4.78, 5) is 5.37. The highest BCUT2D eigenvalue weighted by atomic mass is 15.3. The topological polar surface area (TPSA) is 32.5 Å². The summed E-state index contributed by atoms with van der Waals surface area (Å²) in [5.74, 6) is 0.971. The summed E-state index contributed by atoms with van der Waals surface area (Å²) in [6.07, 6.45) is 11.3. The van der Waals surface area contributed by atoms with E-state index in [1.807, 2.05) is 0 Å². The fourth-order valence-electron chi connectivity index (χ4n) is 5.07. The number of likely N-dealkylation sites (N-methyl/N-ethyl adjacent to an activating group) is 1. The highest BCUT2D eigenvalue weighted by Gasteiger charge is 2.45. The van der Waals surface area contributed by atoms with E-state index in [1.54, 1.807) is 0 Å². The van der Waals surface area contributed by atoms with Gasteiger partial charge in [-0.3, -0.25) is 4.90 Å². The van der Waals surface area contributed by atoms with Crippen LogP contribution >= 0.6 is 0 Å². The first-order valence-electron chi connectivity index (χ1n) is 8.40. The standard InChI is InChI=1S/C16H31N3/c1-18-10-5-9-16(12-17,13-18)19-11-4-7-14-6-2-3-8-15(14)19/h14-15H,2-13,17H2,1H3/t14-,15-,16?/m1/s1. The summed E-state index contributed by atoms with van der Waals surface area (Å²) in [5.41, 5.74) is 6.57. The zero-order valence-electron chi connectivity index (χ0n) is 12.6. The number of nitrogens with two attached hydrogens (primary N) is 1. The first kappa shape index (κ1) is 13.8. The lowest BCUT2D eigenvalue weighted by atomic mass is 9.74. The van der Waals surface area contributed by atoms with Gasteiger partial charge in [-0.25, -0.2) is 0 Å². The number of nitrogens with zero attached hydrogens (tertiary/aromatic N) is 2. The van der Waals surface area contributed by atoms with Gasteiger partial charge in [0, 0.05) is 24.7 Å². The molecule has 3 nitrogen and oxygen atoms in total. The number of hydrogen-bond acceptors (Lipinski definition) is 3. The third-order valence-electron chi connectivity index (χ3n) is 5.98. The van der Waals surface area contributed by atoms with E-state index in [4.69, 9.17) is 5.73 Å². The third kappa shape index (κ3) is 2.57. The van der Waals surface area contributed by atoms with Crippen molar-refractivity contribution < 1.29 is 0 Å². The van der Waals surface area contributed by atoms with E-state index >= 15 is 0 Å². The molecular weight excluding hydrogens is 234 g/mol. The van der Waals surface area contributed by atoms with E-state index in [2.05, 4.69) is 16.8 Å². The Kier molecular flexibility index (Phi) is 4.16. The number of fused-ring (bicyclic) bond motifs is 1. The lowest BCUT2D eigenvalue weighted by Crippen LogP contribution is -2.67. The summed E-state index contributed by atoms with van der Waals surface area (Å²) in [5, 5.41) is 0. The average molecular weight is 265 g/mol. The molecule has 0 bridgehead atoms. The number of hydrogen-bond donors (Lipinski definition) is 1. The van der Waals surface area contributed by atoms with E-state index in [0.29, 0.717) is 0 Å². The van der Waals surface area contributed by atoms with E-state index in [-0.39, 0.29) is 5.54 Å². The van der Waals surface area contributed by atoms with Gasteiger partial charge in [0.05, 0.1) is 0 Å². The molecule has 2 aliphatic heterocycles. The Bertz CT molecular complexity index is 304. The molecule has 0 aromatic carbocycles. The van der Waals surface area contributed by atoms with E-state index in [0.717, 1.165) is 18.5 Å². The quantitative estimate of drug-likeness (QED) is 0.829. The predicted molar refractivity (Wildman–Crippen MR) is 80.2 cm³/mol. The Morgan fingerprint density at radius 3 is 2.63 bits per heavy atom. The normalized spacial score (nSPS) is 42.0. The summed E-state index contributed by atoms with van der Waals surface area (Å²) in [6, 6.07) is 0.845. The largest absolute Gasteiger partial charge is 0.329 e. The molecular formula is C16H31N3. The molecule has 0 spiro atoms. The Labute approximate surface area is 118 Å². The highest BCUT2D eigenvalue weighted by molar-refractivity contribution is 5.02. The molecule has 2 saturated heterocycles. The van der Waals surface area contributed by atoms with Gasteiger partial charge in [0.2, 0.25) is 0 Å². The molecule has 0 aromatic rings. The molecule has 0 aromatic heterocycles. The molecule has 3 aliphatic rings. The molecule has 1 aliphatic carbocycles. The van der Waals surface area contributed by atoms with Crippen molar-refractivity contribution in [2.24, 2.45) is 11.7 Å². The van der Waals surface area contributed by atoms with Gasteiger partial charge in [0.15, 0.2) is 0 Å². The second-order valence-electron chi connectivity index (χ2n) is 7.22. The Morgan fingerprint density at radius 2 is 1.84 bits per heavy atom. The van der Waals surface area contributed by atoms with Crippen LogP contribution in [0.15, 0.2) is 0 Å². The van der Waals surface area contributed by atoms with Crippen molar-refractivity contribution in [2.45, 2.75) is 62.9 Å². The van der Waals surface area contributed by atoms with Crippen molar-refractivity contribution in [3.8, 4) is 0 Å². The Morgan fingerprint density at radius 1 is 1.05 bits per heavy atom. The summed E-state index contributed by atoms with van der Waals surface area (Å²) in [7, 11) is 2.27. The average Bonchev–Trinajstić information content (AvgIpc) is 2.46. The first-order valence-corrected chi connectivity index (χ1v) is 8.40. The SMILES string of the molecule is CN1CCCC(CN)(N2CCC[C@H]3CCCC[C@H]32)C1. The monoisotopic (exact) mass is 265 g/mol. The van der Waals surface area contributed by atoms with Crippen LogP contribution in [-0.2, 0) is 0 Å². The van der Waals surface area contributed by atoms with E-state index in [1.165, 1.54) is 71.0 Å². The van der Waals surface area contributed by atoms with Gasteiger partial charge in [-0.1, -0.05) is 12.8 Å². The zero-order valence-corrected chi connectivity index (χ0v) is 12.6. The van der Waals surface area contributed by atoms with E-state index in [9.17, 15) is 0 Å². The molecule has 0 amide bonds. The van der Waals surface area contributed by atoms with Gasteiger partial charge in [0.1, 0.15) is 0 Å². The van der Waals surface area contributed by atoms with Crippen LogP contribution in [0.5, 0.6) is 0 Å². The van der Waals surface area contributed by atoms with Crippen LogP contribution in [0.4, 0.5) is 0 Å². The first-order chi connectivity index (χ1) is 9.25. The second-order valence-corrected chi connectivity index (χ2v) is 7.22. The summed E-state index contributed by atoms with van der Waals surface area (Å²) in [6.45, 7) is 4.59. The second kappa shape index (κ2) is 5.71. The lowest BCUT2D eigenvalue weighted by Gasteiger charge is -2.56. The summed E-state index contributed by atoms with van der Waals surface area (Å²) >= 11 is 0. The Balaban J connectivity index is 1.80. The van der Waals surface area contributed by atoms with Gasteiger partial charge in [-0.2, -0.15) is 0 Å². The van der Waals surface area contributed by atoms with Crippen LogP contribution < -0.4 is 5.73 Å². The van der Waals surface area contributed by atoms with Crippen LogP contribution in [0, 0.1) is 5.92 Å².